The fraction of sp³-hybridized carbons (Fsp3) is 0.500. The van der Waals surface area contributed by atoms with Gasteiger partial charge in [0, 0.05) is 25.3 Å². The van der Waals surface area contributed by atoms with E-state index >= 15 is 0 Å². The van der Waals surface area contributed by atoms with Crippen molar-refractivity contribution in [3.05, 3.63) is 24.2 Å². The molecule has 13 heavy (non-hydrogen) atoms. The van der Waals surface area contributed by atoms with E-state index in [0.29, 0.717) is 25.0 Å². The average Bonchev–Trinajstić information content (AvgIpc) is 2.10. The Balaban J connectivity index is 3.99. The van der Waals surface area contributed by atoms with Gasteiger partial charge in [0.05, 0.1) is 12.9 Å². The highest BCUT2D eigenvalue weighted by atomic mass is 19.1. The van der Waals surface area contributed by atoms with E-state index in [-0.39, 0.29) is 5.78 Å². The fourth-order valence-corrected chi connectivity index (χ4v) is 0.847. The minimum absolute atomic E-state index is 0.146. The summed E-state index contributed by atoms with van der Waals surface area (Å²) in [6.07, 6.45) is 2.53. The topological polar surface area (TPSA) is 26.3 Å². The Morgan fingerprint density at radius 2 is 2.15 bits per heavy atom. The van der Waals surface area contributed by atoms with Crippen molar-refractivity contribution in [1.29, 1.82) is 0 Å². The molecule has 0 saturated carbocycles. The van der Waals surface area contributed by atoms with Crippen LogP contribution in [0.15, 0.2) is 24.2 Å². The number of Topliss-reactive ketones (excluding diaryl/α,β-unsaturated/α-hetero) is 1. The van der Waals surface area contributed by atoms with E-state index in [4.69, 9.17) is 4.74 Å². The first kappa shape index (κ1) is 11.9. The average molecular weight is 186 g/mol. The van der Waals surface area contributed by atoms with Crippen LogP contribution in [0.1, 0.15) is 26.2 Å². The summed E-state index contributed by atoms with van der Waals surface area (Å²) in [5, 5.41) is 0. The van der Waals surface area contributed by atoms with Crippen molar-refractivity contribution in [2.45, 2.75) is 26.2 Å². The summed E-state index contributed by atoms with van der Waals surface area (Å²) in [6.45, 7) is 4.88. The fourth-order valence-electron chi connectivity index (χ4n) is 0.847. The molecule has 0 N–H and O–H groups in total. The molecule has 0 rings (SSSR count). The molecule has 0 unspecified atom stereocenters. The molecule has 0 aliphatic carbocycles. The highest BCUT2D eigenvalue weighted by Gasteiger charge is 2.02. The maximum absolute atomic E-state index is 12.3. The van der Waals surface area contributed by atoms with Crippen LogP contribution in [0.3, 0.4) is 0 Å². The van der Waals surface area contributed by atoms with Gasteiger partial charge >= 0.3 is 0 Å². The Kier molecular flexibility index (Phi) is 5.85. The summed E-state index contributed by atoms with van der Waals surface area (Å²) in [6, 6.07) is 0. The Morgan fingerprint density at radius 1 is 1.54 bits per heavy atom. The number of ketones is 1. The summed E-state index contributed by atoms with van der Waals surface area (Å²) >= 11 is 0. The van der Waals surface area contributed by atoms with Crippen LogP contribution in [-0.4, -0.2) is 12.9 Å². The molecule has 0 amide bonds. The molecule has 0 aromatic rings. The van der Waals surface area contributed by atoms with Crippen LogP contribution < -0.4 is 0 Å². The minimum atomic E-state index is -0.555. The van der Waals surface area contributed by atoms with Gasteiger partial charge in [-0.25, -0.2) is 4.39 Å². The van der Waals surface area contributed by atoms with Gasteiger partial charge in [-0.3, -0.25) is 4.79 Å². The predicted octanol–water partition coefficient (Wildman–Crippen LogP) is 2.76. The maximum atomic E-state index is 12.3. The Labute approximate surface area is 78.1 Å². The van der Waals surface area contributed by atoms with Crippen molar-refractivity contribution in [3.8, 4) is 0 Å². The van der Waals surface area contributed by atoms with Crippen molar-refractivity contribution in [1.82, 2.24) is 0 Å². The van der Waals surface area contributed by atoms with E-state index in [1.807, 2.05) is 0 Å². The largest absolute Gasteiger partial charge is 0.501 e. The van der Waals surface area contributed by atoms with Gasteiger partial charge in [0.2, 0.25) is 0 Å². The molecule has 2 nitrogen and oxygen atoms in total. The molecule has 0 aliphatic heterocycles. The number of carbonyl (C=O) groups excluding carboxylic acids is 1. The normalized spacial score (nSPS) is 11.2. The molecular weight excluding hydrogens is 171 g/mol. The first-order chi connectivity index (χ1) is 6.10. The van der Waals surface area contributed by atoms with E-state index in [2.05, 4.69) is 6.58 Å². The lowest BCUT2D eigenvalue weighted by Crippen LogP contribution is -1.97. The van der Waals surface area contributed by atoms with E-state index in [9.17, 15) is 9.18 Å². The van der Waals surface area contributed by atoms with E-state index in [1.54, 1.807) is 6.92 Å². The van der Waals surface area contributed by atoms with Crippen molar-refractivity contribution in [3.63, 3.8) is 0 Å². The zero-order chi connectivity index (χ0) is 10.3. The number of carbonyl (C=O) groups is 1. The number of allylic oxidation sites excluding steroid dienone is 3. The van der Waals surface area contributed by atoms with Gasteiger partial charge in [-0.05, 0) is 0 Å². The summed E-state index contributed by atoms with van der Waals surface area (Å²) in [5.74, 6) is 0.0440. The summed E-state index contributed by atoms with van der Waals surface area (Å²) in [4.78, 5) is 10.9. The zero-order valence-electron chi connectivity index (χ0n) is 8.10. The molecule has 0 aromatic carbocycles. The number of hydrogen-bond acceptors (Lipinski definition) is 2. The zero-order valence-corrected chi connectivity index (χ0v) is 8.10. The summed E-state index contributed by atoms with van der Waals surface area (Å²) in [7, 11) is 1.45. The lowest BCUT2D eigenvalue weighted by Gasteiger charge is -2.03. The van der Waals surface area contributed by atoms with Crippen LogP contribution in [0.25, 0.3) is 0 Å². The second-order valence-corrected chi connectivity index (χ2v) is 2.65. The number of methoxy groups -OCH3 is 1. The molecule has 0 bridgehead atoms. The summed E-state index contributed by atoms with van der Waals surface area (Å²) in [5.41, 5.74) is 0. The Morgan fingerprint density at radius 3 is 2.54 bits per heavy atom. The second kappa shape index (κ2) is 6.40. The van der Waals surface area contributed by atoms with Gasteiger partial charge in [0.1, 0.15) is 11.6 Å². The number of hydrogen-bond donors (Lipinski definition) is 0. The van der Waals surface area contributed by atoms with Crippen LogP contribution in [-0.2, 0) is 9.53 Å². The molecule has 0 radical (unpaired) electrons. The van der Waals surface area contributed by atoms with E-state index in [1.165, 1.54) is 13.2 Å². The molecule has 74 valence electrons. The van der Waals surface area contributed by atoms with Gasteiger partial charge in [-0.2, -0.15) is 0 Å². The predicted molar refractivity (Wildman–Crippen MR) is 49.9 cm³/mol. The van der Waals surface area contributed by atoms with Crippen LogP contribution in [0.5, 0.6) is 0 Å². The molecular formula is C10H15FO2. The van der Waals surface area contributed by atoms with E-state index < -0.39 is 5.83 Å². The first-order valence-electron chi connectivity index (χ1n) is 4.20. The number of halogens is 1. The third-order valence-electron chi connectivity index (χ3n) is 1.62. The highest BCUT2D eigenvalue weighted by Crippen LogP contribution is 2.10. The van der Waals surface area contributed by atoms with Crippen molar-refractivity contribution in [2.24, 2.45) is 0 Å². The third-order valence-corrected chi connectivity index (χ3v) is 1.62. The van der Waals surface area contributed by atoms with Gasteiger partial charge in [0.25, 0.3) is 0 Å². The lowest BCUT2D eigenvalue weighted by molar-refractivity contribution is -0.118. The van der Waals surface area contributed by atoms with Crippen molar-refractivity contribution < 1.29 is 13.9 Å². The third kappa shape index (κ3) is 6.08. The molecule has 0 heterocycles. The van der Waals surface area contributed by atoms with Crippen LogP contribution in [0.4, 0.5) is 4.39 Å². The molecule has 0 atom stereocenters. The minimum Gasteiger partial charge on any atom is -0.501 e. The summed E-state index contributed by atoms with van der Waals surface area (Å²) < 4.78 is 17.2. The molecule has 0 fully saturated rings. The Bertz CT molecular complexity index is 219. The van der Waals surface area contributed by atoms with E-state index in [0.717, 1.165) is 0 Å². The second-order valence-electron chi connectivity index (χ2n) is 2.65. The molecule has 0 saturated heterocycles. The van der Waals surface area contributed by atoms with Gasteiger partial charge in [0.15, 0.2) is 0 Å². The standard InChI is InChI=1S/C10H15FO2/c1-4-9(12)5-6-10(13-3)7-8(2)11/h7H,2,4-6H2,1,3H3/b10-7+. The smallest absolute Gasteiger partial charge is 0.133 e. The van der Waals surface area contributed by atoms with Crippen LogP contribution in [0.2, 0.25) is 0 Å². The first-order valence-corrected chi connectivity index (χ1v) is 4.20. The van der Waals surface area contributed by atoms with Gasteiger partial charge in [-0.15, -0.1) is 0 Å². The molecule has 0 aromatic heterocycles. The monoisotopic (exact) mass is 186 g/mol. The highest BCUT2D eigenvalue weighted by molar-refractivity contribution is 5.78. The van der Waals surface area contributed by atoms with Crippen LogP contribution >= 0.6 is 0 Å². The lowest BCUT2D eigenvalue weighted by atomic mass is 10.1. The van der Waals surface area contributed by atoms with Crippen molar-refractivity contribution in [2.75, 3.05) is 7.11 Å². The Hall–Kier alpha value is -1.12. The maximum Gasteiger partial charge on any atom is 0.133 e. The molecule has 0 aliphatic rings. The SMILES string of the molecule is C=C(F)/C=C(\CCC(=O)CC)OC. The van der Waals surface area contributed by atoms with Crippen molar-refractivity contribution >= 4 is 5.78 Å². The van der Waals surface area contributed by atoms with Gasteiger partial charge < -0.3 is 4.74 Å². The van der Waals surface area contributed by atoms with Gasteiger partial charge in [-0.1, -0.05) is 13.5 Å². The van der Waals surface area contributed by atoms with Crippen LogP contribution in [0, 0.1) is 0 Å². The quantitative estimate of drug-likeness (QED) is 0.471. The number of rotatable bonds is 6. The molecule has 3 heteroatoms. The number of ether oxygens (including phenoxy) is 1. The molecule has 0 spiro atoms.